The van der Waals surface area contributed by atoms with Gasteiger partial charge in [-0.05, 0) is 43.5 Å². The van der Waals surface area contributed by atoms with E-state index < -0.39 is 11.9 Å². The van der Waals surface area contributed by atoms with Crippen LogP contribution in [0.2, 0.25) is 5.02 Å². The summed E-state index contributed by atoms with van der Waals surface area (Å²) < 4.78 is 7.83. The lowest BCUT2D eigenvalue weighted by molar-refractivity contribution is -0.342. The van der Waals surface area contributed by atoms with Gasteiger partial charge in [0.05, 0.1) is 0 Å². The van der Waals surface area contributed by atoms with Gasteiger partial charge >= 0.3 is 0 Å². The van der Waals surface area contributed by atoms with Crippen LogP contribution in [0.4, 0.5) is 5.69 Å². The average molecular weight is 403 g/mol. The van der Waals surface area contributed by atoms with Crippen LogP contribution in [0.15, 0.2) is 24.3 Å². The predicted molar refractivity (Wildman–Crippen MR) is 98.7 cm³/mol. The molecule has 1 amide bonds. The molecule has 1 atom stereocenters. The van der Waals surface area contributed by atoms with Crippen molar-refractivity contribution in [1.82, 2.24) is 15.6 Å². The van der Waals surface area contributed by atoms with E-state index in [1.54, 1.807) is 10.5 Å². The lowest BCUT2D eigenvalue weighted by Gasteiger charge is -2.40. The fourth-order valence-electron chi connectivity index (χ4n) is 3.17. The first kappa shape index (κ1) is 20.9. The molecule has 2 aliphatic rings. The normalized spacial score (nSPS) is 21.6. The second-order valence-electron chi connectivity index (χ2n) is 6.10. The number of carbonyl (C=O) groups is 1. The Balaban J connectivity index is 0.00000117. The van der Waals surface area contributed by atoms with Crippen molar-refractivity contribution in [2.45, 2.75) is 25.3 Å². The van der Waals surface area contributed by atoms with Crippen LogP contribution in [0.5, 0.6) is 0 Å². The van der Waals surface area contributed by atoms with E-state index in [1.165, 1.54) is 0 Å². The van der Waals surface area contributed by atoms with Crippen molar-refractivity contribution in [2.75, 3.05) is 37.6 Å². The largest absolute Gasteiger partial charge is 0.369 e. The molecule has 0 saturated carbocycles. The maximum atomic E-state index is 11.8. The zero-order chi connectivity index (χ0) is 18.9. The van der Waals surface area contributed by atoms with Crippen molar-refractivity contribution >= 4 is 35.7 Å². The maximum Gasteiger partial charge on any atom is 0.263 e. The molecule has 0 bridgehead atoms. The second kappa shape index (κ2) is 10.7. The Kier molecular flexibility index (Phi) is 8.63. The molecular formula is C16H23ClN4O4S. The highest BCUT2D eigenvalue weighted by molar-refractivity contribution is 7.44. The number of hydrogen-bond donors (Lipinski definition) is 2. The van der Waals surface area contributed by atoms with Crippen molar-refractivity contribution in [2.24, 2.45) is 0 Å². The molecule has 0 radical (unpaired) electrons. The summed E-state index contributed by atoms with van der Waals surface area (Å²) in [6, 6.07) is 7.39. The Morgan fingerprint density at radius 1 is 1.12 bits per heavy atom. The van der Waals surface area contributed by atoms with Gasteiger partial charge in [-0.2, -0.15) is 14.3 Å². The van der Waals surface area contributed by atoms with Gasteiger partial charge in [0.15, 0.2) is 12.5 Å². The number of halogens is 1. The van der Waals surface area contributed by atoms with Gasteiger partial charge in [-0.25, -0.2) is 10.4 Å². The van der Waals surface area contributed by atoms with Gasteiger partial charge in [0.25, 0.3) is 5.91 Å². The van der Waals surface area contributed by atoms with Gasteiger partial charge in [-0.3, -0.25) is 10.0 Å². The first-order chi connectivity index (χ1) is 12.7. The van der Waals surface area contributed by atoms with Crippen LogP contribution in [-0.4, -0.2) is 64.2 Å². The highest BCUT2D eigenvalue weighted by Gasteiger charge is 2.32. The van der Waals surface area contributed by atoms with E-state index in [9.17, 15) is 4.79 Å². The van der Waals surface area contributed by atoms with Crippen LogP contribution in [0.1, 0.15) is 19.3 Å². The van der Waals surface area contributed by atoms with Crippen LogP contribution < -0.4 is 10.4 Å². The van der Waals surface area contributed by atoms with Gasteiger partial charge in [0, 0.05) is 43.4 Å². The van der Waals surface area contributed by atoms with E-state index in [-0.39, 0.29) is 0 Å². The monoisotopic (exact) mass is 402 g/mol. The van der Waals surface area contributed by atoms with Gasteiger partial charge in [-0.1, -0.05) is 11.6 Å². The van der Waals surface area contributed by atoms with Gasteiger partial charge in [-0.15, -0.1) is 0 Å². The number of rotatable bonds is 4. The van der Waals surface area contributed by atoms with E-state index in [1.807, 2.05) is 29.3 Å². The van der Waals surface area contributed by atoms with Crippen LogP contribution in [0.25, 0.3) is 0 Å². The summed E-state index contributed by atoms with van der Waals surface area (Å²) in [5, 5.41) is 13.2. The van der Waals surface area contributed by atoms with Gasteiger partial charge < -0.3 is 4.90 Å². The smallest absolute Gasteiger partial charge is 0.263 e. The van der Waals surface area contributed by atoms with Crippen LogP contribution in [0, 0.1) is 0 Å². The Morgan fingerprint density at radius 2 is 1.77 bits per heavy atom. The van der Waals surface area contributed by atoms with Crippen LogP contribution in [0.3, 0.4) is 0 Å². The van der Waals surface area contributed by atoms with Gasteiger partial charge in [0.1, 0.15) is 6.04 Å². The molecule has 0 spiro atoms. The number of benzene rings is 1. The number of hydrogen-bond acceptors (Lipinski definition) is 8. The number of carbonyl (C=O) groups excluding carboxylic acids is 1. The van der Waals surface area contributed by atoms with Crippen molar-refractivity contribution in [3.63, 3.8) is 0 Å². The molecular weight excluding hydrogens is 380 g/mol. The molecule has 2 fully saturated rings. The minimum absolute atomic E-state index is 0.408. The molecule has 1 aromatic rings. The fourth-order valence-corrected chi connectivity index (χ4v) is 3.29. The number of anilines is 1. The summed E-state index contributed by atoms with van der Waals surface area (Å²) in [4.78, 5) is 20.0. The molecule has 10 heteroatoms. The van der Waals surface area contributed by atoms with Crippen LogP contribution in [-0.2, 0) is 22.3 Å². The Hall–Kier alpha value is -1.36. The summed E-state index contributed by atoms with van der Waals surface area (Å²) in [7, 11) is 0. The quantitative estimate of drug-likeness (QED) is 0.576. The lowest BCUT2D eigenvalue weighted by Crippen LogP contribution is -2.54. The molecule has 2 saturated heterocycles. The summed E-state index contributed by atoms with van der Waals surface area (Å²) in [5.74, 6) is -0.408. The van der Waals surface area contributed by atoms with Crippen molar-refractivity contribution in [3.05, 3.63) is 29.3 Å². The highest BCUT2D eigenvalue weighted by Crippen LogP contribution is 2.22. The molecule has 8 nitrogen and oxygen atoms in total. The molecule has 144 valence electrons. The molecule has 0 aliphatic carbocycles. The van der Waals surface area contributed by atoms with Crippen LogP contribution >= 0.6 is 11.6 Å². The minimum atomic E-state index is -0.432. The molecule has 3 rings (SSSR count). The predicted octanol–water partition coefficient (Wildman–Crippen LogP) is 1.33. The molecule has 2 aliphatic heterocycles. The molecule has 26 heavy (non-hydrogen) atoms. The number of nitrogens with one attached hydrogen (secondary N) is 1. The Labute approximate surface area is 163 Å². The third-order valence-electron chi connectivity index (χ3n) is 4.52. The van der Waals surface area contributed by atoms with Crippen molar-refractivity contribution in [3.8, 4) is 0 Å². The standard InChI is InChI=1S/C16H23ClN4O3.OS/c17-13-4-6-14(7-5-13)19-9-11-20(12-10-19)24-21-8-2-1-3-15(21)16(22)18-23;1-2/h4-7,15,23H,1-3,8-12H2,(H,18,22);. The Bertz CT molecular complexity index is 572. The highest BCUT2D eigenvalue weighted by atomic mass is 35.5. The van der Waals surface area contributed by atoms with E-state index >= 15 is 0 Å². The molecule has 0 aromatic heterocycles. The number of nitrogens with zero attached hydrogens (tertiary/aromatic N) is 3. The number of piperazine rings is 1. The number of piperidine rings is 1. The van der Waals surface area contributed by atoms with Crippen molar-refractivity contribution < 1.29 is 19.1 Å². The van der Waals surface area contributed by atoms with E-state index in [2.05, 4.69) is 17.4 Å². The lowest BCUT2D eigenvalue weighted by atomic mass is 10.0. The molecule has 2 heterocycles. The zero-order valence-electron chi connectivity index (χ0n) is 14.3. The summed E-state index contributed by atoms with van der Waals surface area (Å²) in [6.45, 7) is 3.85. The van der Waals surface area contributed by atoms with E-state index in [0.29, 0.717) is 13.0 Å². The van der Waals surface area contributed by atoms with E-state index in [4.69, 9.17) is 26.0 Å². The fraction of sp³-hybridized carbons (Fsp3) is 0.562. The molecule has 2 N–H and O–H groups in total. The third kappa shape index (κ3) is 5.57. The minimum Gasteiger partial charge on any atom is -0.369 e. The van der Waals surface area contributed by atoms with Gasteiger partial charge in [0.2, 0.25) is 0 Å². The number of hydroxylamine groups is 5. The SMILES string of the molecule is O=C(NO)C1CCCCN1ON1CCN(c2ccc(Cl)cc2)CC1.O=S. The molecule has 1 aromatic carbocycles. The number of amides is 1. The third-order valence-corrected chi connectivity index (χ3v) is 4.77. The first-order valence-corrected chi connectivity index (χ1v) is 9.19. The molecule has 1 unspecified atom stereocenters. The topological polar surface area (TPSA) is 85.3 Å². The zero-order valence-corrected chi connectivity index (χ0v) is 15.9. The summed E-state index contributed by atoms with van der Waals surface area (Å²) in [6.07, 6.45) is 2.64. The first-order valence-electron chi connectivity index (χ1n) is 8.48. The van der Waals surface area contributed by atoms with Crippen molar-refractivity contribution in [1.29, 1.82) is 0 Å². The average Bonchev–Trinajstić information content (AvgIpc) is 2.70. The second-order valence-corrected chi connectivity index (χ2v) is 6.54. The summed E-state index contributed by atoms with van der Waals surface area (Å²) in [5.41, 5.74) is 2.88. The summed E-state index contributed by atoms with van der Waals surface area (Å²) >= 11 is 8.76. The van der Waals surface area contributed by atoms with E-state index in [0.717, 1.165) is 49.7 Å². The Morgan fingerprint density at radius 3 is 2.38 bits per heavy atom. The maximum absolute atomic E-state index is 11.8.